The lowest BCUT2D eigenvalue weighted by atomic mass is 10.1. The molecule has 0 fully saturated rings. The Bertz CT molecular complexity index is 1090. The number of carbonyl (C=O) groups excluding carboxylic acids is 1. The number of amides is 1. The summed E-state index contributed by atoms with van der Waals surface area (Å²) in [6.45, 7) is 2.20. The van der Waals surface area contributed by atoms with E-state index in [1.54, 1.807) is 22.8 Å². The fraction of sp³-hybridized carbons (Fsp3) is 0.100. The van der Waals surface area contributed by atoms with Crippen LogP contribution in [0.4, 0.5) is 0 Å². The largest absolute Gasteiger partial charge is 0.478 e. The molecule has 0 atom stereocenters. The fourth-order valence-electron chi connectivity index (χ4n) is 2.89. The lowest BCUT2D eigenvalue weighted by molar-refractivity contribution is -0.114. The molecule has 0 saturated carbocycles. The number of para-hydroxylation sites is 2. The molecule has 0 aliphatic heterocycles. The van der Waals surface area contributed by atoms with E-state index in [2.05, 4.69) is 0 Å². The average molecular weight is 400 g/mol. The maximum atomic E-state index is 11.6. The first-order valence-electron chi connectivity index (χ1n) is 8.11. The zero-order chi connectivity index (χ0) is 19.6. The van der Waals surface area contributed by atoms with Crippen LogP contribution in [0.2, 0.25) is 10.0 Å². The molecule has 136 valence electrons. The molecular formula is C20H15Cl2N3O2. The van der Waals surface area contributed by atoms with Crippen molar-refractivity contribution in [3.05, 3.63) is 63.6 Å². The Morgan fingerprint density at radius 2 is 1.89 bits per heavy atom. The van der Waals surface area contributed by atoms with Crippen molar-refractivity contribution >= 4 is 46.1 Å². The maximum Gasteiger partial charge on any atom is 0.259 e. The number of ether oxygens (including phenoxy) is 1. The van der Waals surface area contributed by atoms with Gasteiger partial charge in [-0.25, -0.2) is 0 Å². The van der Waals surface area contributed by atoms with E-state index in [9.17, 15) is 10.1 Å². The Morgan fingerprint density at radius 3 is 2.48 bits per heavy atom. The smallest absolute Gasteiger partial charge is 0.259 e. The van der Waals surface area contributed by atoms with Crippen molar-refractivity contribution in [3.8, 4) is 17.6 Å². The fourth-order valence-corrected chi connectivity index (χ4v) is 3.45. The van der Waals surface area contributed by atoms with Gasteiger partial charge in [0.15, 0.2) is 0 Å². The predicted molar refractivity (Wildman–Crippen MR) is 107 cm³/mol. The maximum absolute atomic E-state index is 11.6. The SMILES string of the molecule is CCOc1c(C=C(C#N)C(N)=O)c2ccccc2n1-c1c(Cl)cccc1Cl. The van der Waals surface area contributed by atoms with E-state index >= 15 is 0 Å². The Labute approximate surface area is 166 Å². The van der Waals surface area contributed by atoms with Gasteiger partial charge in [-0.15, -0.1) is 0 Å². The van der Waals surface area contributed by atoms with Crippen molar-refractivity contribution < 1.29 is 9.53 Å². The average Bonchev–Trinajstić information content (AvgIpc) is 2.93. The molecule has 2 N–H and O–H groups in total. The van der Waals surface area contributed by atoms with Crippen molar-refractivity contribution in [2.75, 3.05) is 6.61 Å². The molecule has 1 amide bonds. The third kappa shape index (κ3) is 3.37. The van der Waals surface area contributed by atoms with E-state index in [1.807, 2.05) is 37.3 Å². The summed E-state index contributed by atoms with van der Waals surface area (Å²) >= 11 is 12.9. The second kappa shape index (κ2) is 7.75. The summed E-state index contributed by atoms with van der Waals surface area (Å²) in [5.74, 6) is -0.393. The molecule has 3 aromatic rings. The Morgan fingerprint density at radius 1 is 1.22 bits per heavy atom. The number of primary amides is 1. The number of fused-ring (bicyclic) bond motifs is 1. The van der Waals surface area contributed by atoms with Crippen molar-refractivity contribution in [2.45, 2.75) is 6.92 Å². The molecule has 2 aromatic carbocycles. The number of hydrogen-bond acceptors (Lipinski definition) is 3. The number of nitrogens with zero attached hydrogens (tertiary/aromatic N) is 2. The van der Waals surface area contributed by atoms with Crippen LogP contribution < -0.4 is 10.5 Å². The Hall–Kier alpha value is -2.94. The zero-order valence-electron chi connectivity index (χ0n) is 14.4. The van der Waals surface area contributed by atoms with Gasteiger partial charge in [-0.1, -0.05) is 47.5 Å². The van der Waals surface area contributed by atoms with E-state index in [1.165, 1.54) is 6.08 Å². The molecule has 7 heteroatoms. The van der Waals surface area contributed by atoms with Crippen LogP contribution in [0.5, 0.6) is 5.88 Å². The minimum atomic E-state index is -0.812. The molecule has 5 nitrogen and oxygen atoms in total. The van der Waals surface area contributed by atoms with Gasteiger partial charge in [-0.3, -0.25) is 9.36 Å². The third-order valence-electron chi connectivity index (χ3n) is 3.99. The lowest BCUT2D eigenvalue weighted by Gasteiger charge is -2.14. The van der Waals surface area contributed by atoms with Gasteiger partial charge >= 0.3 is 0 Å². The number of hydrogen-bond donors (Lipinski definition) is 1. The van der Waals surface area contributed by atoms with Crippen LogP contribution in [0.15, 0.2) is 48.0 Å². The first-order chi connectivity index (χ1) is 13.0. The minimum Gasteiger partial charge on any atom is -0.478 e. The lowest BCUT2D eigenvalue weighted by Crippen LogP contribution is -2.12. The molecule has 0 saturated heterocycles. The van der Waals surface area contributed by atoms with Crippen LogP contribution in [-0.2, 0) is 4.79 Å². The summed E-state index contributed by atoms with van der Waals surface area (Å²) in [7, 11) is 0. The highest BCUT2D eigenvalue weighted by Crippen LogP contribution is 2.41. The van der Waals surface area contributed by atoms with Gasteiger partial charge in [-0.05, 0) is 31.2 Å². The minimum absolute atomic E-state index is 0.177. The van der Waals surface area contributed by atoms with Gasteiger partial charge in [0.05, 0.1) is 27.9 Å². The first-order valence-corrected chi connectivity index (χ1v) is 8.87. The highest BCUT2D eigenvalue weighted by Gasteiger charge is 2.22. The van der Waals surface area contributed by atoms with Crippen molar-refractivity contribution in [1.82, 2.24) is 4.57 Å². The predicted octanol–water partition coefficient (Wildman–Crippen LogP) is 4.73. The number of nitrogens with two attached hydrogens (primary N) is 1. The standard InChI is InChI=1S/C20H15Cl2N3O2/c1-2-27-20-14(10-12(11-23)19(24)26)13-6-3-4-9-17(13)25(20)18-15(21)7-5-8-16(18)22/h3-10H,2H2,1H3,(H2,24,26). The molecule has 1 aromatic heterocycles. The van der Waals surface area contributed by atoms with E-state index in [-0.39, 0.29) is 5.57 Å². The second-order valence-electron chi connectivity index (χ2n) is 5.61. The monoisotopic (exact) mass is 399 g/mol. The van der Waals surface area contributed by atoms with Crippen molar-refractivity contribution in [3.63, 3.8) is 0 Å². The first kappa shape index (κ1) is 18.8. The van der Waals surface area contributed by atoms with Gasteiger partial charge < -0.3 is 10.5 Å². The van der Waals surface area contributed by atoms with Gasteiger partial charge in [0.1, 0.15) is 11.6 Å². The quantitative estimate of drug-likeness (QED) is 0.497. The molecule has 0 aliphatic rings. The Kier molecular flexibility index (Phi) is 5.41. The van der Waals surface area contributed by atoms with Gasteiger partial charge in [0.2, 0.25) is 5.88 Å². The van der Waals surface area contributed by atoms with Crippen molar-refractivity contribution in [2.24, 2.45) is 5.73 Å². The molecule has 0 unspecified atom stereocenters. The van der Waals surface area contributed by atoms with Crippen molar-refractivity contribution in [1.29, 1.82) is 5.26 Å². The summed E-state index contributed by atoms with van der Waals surface area (Å²) in [6.07, 6.45) is 1.43. The summed E-state index contributed by atoms with van der Waals surface area (Å²) in [6, 6.07) is 14.5. The molecule has 0 bridgehead atoms. The van der Waals surface area contributed by atoms with Gasteiger partial charge in [0, 0.05) is 10.9 Å². The highest BCUT2D eigenvalue weighted by atomic mass is 35.5. The molecule has 0 spiro atoms. The van der Waals surface area contributed by atoms with Crippen LogP contribution in [0.3, 0.4) is 0 Å². The molecule has 0 aliphatic carbocycles. The van der Waals surface area contributed by atoms with Crippen LogP contribution in [-0.4, -0.2) is 17.1 Å². The number of halogens is 2. The summed E-state index contributed by atoms with van der Waals surface area (Å²) in [5.41, 5.74) is 7.01. The van der Waals surface area contributed by atoms with Crippen LogP contribution >= 0.6 is 23.2 Å². The van der Waals surface area contributed by atoms with E-state index in [0.29, 0.717) is 33.8 Å². The van der Waals surface area contributed by atoms with Gasteiger partial charge in [-0.2, -0.15) is 5.26 Å². The number of rotatable bonds is 5. The summed E-state index contributed by atoms with van der Waals surface area (Å²) in [4.78, 5) is 11.6. The Balaban J connectivity index is 2.47. The van der Waals surface area contributed by atoms with Gasteiger partial charge in [0.25, 0.3) is 5.91 Å². The normalized spacial score (nSPS) is 11.4. The number of carbonyl (C=O) groups is 1. The van der Waals surface area contributed by atoms with E-state index in [0.717, 1.165) is 10.9 Å². The van der Waals surface area contributed by atoms with Crippen LogP contribution in [0.1, 0.15) is 12.5 Å². The summed E-state index contributed by atoms with van der Waals surface area (Å²) in [5, 5.41) is 10.9. The summed E-state index contributed by atoms with van der Waals surface area (Å²) < 4.78 is 7.67. The van der Waals surface area contributed by atoms with Crippen LogP contribution in [0.25, 0.3) is 22.7 Å². The number of benzene rings is 2. The molecular weight excluding hydrogens is 385 g/mol. The van der Waals surface area contributed by atoms with E-state index in [4.69, 9.17) is 33.7 Å². The molecule has 1 heterocycles. The highest BCUT2D eigenvalue weighted by molar-refractivity contribution is 6.38. The van der Waals surface area contributed by atoms with Crippen LogP contribution in [0, 0.1) is 11.3 Å². The molecule has 0 radical (unpaired) electrons. The zero-order valence-corrected chi connectivity index (χ0v) is 15.9. The number of aromatic nitrogens is 1. The molecule has 3 rings (SSSR count). The van der Waals surface area contributed by atoms with E-state index < -0.39 is 5.91 Å². The third-order valence-corrected chi connectivity index (χ3v) is 4.60. The number of nitriles is 1. The molecule has 27 heavy (non-hydrogen) atoms. The topological polar surface area (TPSA) is 81.0 Å². The second-order valence-corrected chi connectivity index (χ2v) is 6.42.